The Balaban J connectivity index is 1.48. The van der Waals surface area contributed by atoms with E-state index in [0.29, 0.717) is 18.8 Å². The molecule has 24 heavy (non-hydrogen) atoms. The van der Waals surface area contributed by atoms with Crippen LogP contribution in [0.1, 0.15) is 29.7 Å². The van der Waals surface area contributed by atoms with Gasteiger partial charge >= 0.3 is 0 Å². The molecule has 0 N–H and O–H groups in total. The highest BCUT2D eigenvalue weighted by atomic mass is 16.5. The molecule has 1 aliphatic rings. The number of carbonyl (C=O) groups excluding carboxylic acids is 1. The normalized spacial score (nSPS) is 17.1. The number of aryl methyl sites for hydroxylation is 3. The molecule has 1 unspecified atom stereocenters. The summed E-state index contributed by atoms with van der Waals surface area (Å²) in [6.07, 6.45) is 2.17. The number of benzene rings is 1. The van der Waals surface area contributed by atoms with Crippen LogP contribution in [0.2, 0.25) is 0 Å². The highest BCUT2D eigenvalue weighted by molar-refractivity contribution is 5.76. The molecular formula is C19H23N3O2. The van der Waals surface area contributed by atoms with Gasteiger partial charge in [-0.2, -0.15) is 5.10 Å². The second-order valence-electron chi connectivity index (χ2n) is 6.37. The molecule has 1 aromatic heterocycles. The van der Waals surface area contributed by atoms with E-state index in [1.807, 2.05) is 30.0 Å². The van der Waals surface area contributed by atoms with Crippen LogP contribution >= 0.6 is 0 Å². The Morgan fingerprint density at radius 1 is 1.25 bits per heavy atom. The molecule has 1 aromatic carbocycles. The van der Waals surface area contributed by atoms with Gasteiger partial charge in [0.25, 0.3) is 0 Å². The van der Waals surface area contributed by atoms with Gasteiger partial charge in [0.2, 0.25) is 11.8 Å². The predicted molar refractivity (Wildman–Crippen MR) is 91.9 cm³/mol. The highest BCUT2D eigenvalue weighted by Gasteiger charge is 2.27. The summed E-state index contributed by atoms with van der Waals surface area (Å²) in [5.74, 6) is 0.720. The maximum Gasteiger partial charge on any atom is 0.233 e. The van der Waals surface area contributed by atoms with Gasteiger partial charge in [0.1, 0.15) is 6.10 Å². The second kappa shape index (κ2) is 7.43. The molecule has 1 amide bonds. The molecule has 3 rings (SSSR count). The van der Waals surface area contributed by atoms with Crippen LogP contribution in [0.3, 0.4) is 0 Å². The Morgan fingerprint density at radius 3 is 2.88 bits per heavy atom. The summed E-state index contributed by atoms with van der Waals surface area (Å²) in [5.41, 5.74) is 3.31. The van der Waals surface area contributed by atoms with Crippen molar-refractivity contribution in [1.82, 2.24) is 15.1 Å². The lowest BCUT2D eigenvalue weighted by Gasteiger charge is -2.17. The molecule has 1 fully saturated rings. The van der Waals surface area contributed by atoms with E-state index in [-0.39, 0.29) is 12.0 Å². The van der Waals surface area contributed by atoms with Crippen LogP contribution in [-0.2, 0) is 11.2 Å². The van der Waals surface area contributed by atoms with Crippen LogP contribution in [0.4, 0.5) is 0 Å². The summed E-state index contributed by atoms with van der Waals surface area (Å²) >= 11 is 0. The second-order valence-corrected chi connectivity index (χ2v) is 6.37. The van der Waals surface area contributed by atoms with Gasteiger partial charge < -0.3 is 9.64 Å². The van der Waals surface area contributed by atoms with Crippen molar-refractivity contribution in [2.45, 2.75) is 39.2 Å². The van der Waals surface area contributed by atoms with Crippen LogP contribution in [0, 0.1) is 13.8 Å². The molecule has 1 atom stereocenters. The highest BCUT2D eigenvalue weighted by Crippen LogP contribution is 2.17. The SMILES string of the molecule is Cc1cccc(CCC(=O)N2CCC(Oc3ccc(C)nn3)C2)c1. The van der Waals surface area contributed by atoms with Crippen molar-refractivity contribution in [3.8, 4) is 5.88 Å². The van der Waals surface area contributed by atoms with Gasteiger partial charge in [-0.05, 0) is 31.9 Å². The monoisotopic (exact) mass is 325 g/mol. The van der Waals surface area contributed by atoms with Crippen molar-refractivity contribution in [3.63, 3.8) is 0 Å². The largest absolute Gasteiger partial charge is 0.471 e. The van der Waals surface area contributed by atoms with Crippen molar-refractivity contribution in [3.05, 3.63) is 53.2 Å². The van der Waals surface area contributed by atoms with Gasteiger partial charge in [-0.25, -0.2) is 0 Å². The fourth-order valence-corrected chi connectivity index (χ4v) is 2.95. The fourth-order valence-electron chi connectivity index (χ4n) is 2.95. The summed E-state index contributed by atoms with van der Waals surface area (Å²) in [6.45, 7) is 5.33. The third-order valence-electron chi connectivity index (χ3n) is 4.27. The summed E-state index contributed by atoms with van der Waals surface area (Å²) in [4.78, 5) is 14.3. The minimum Gasteiger partial charge on any atom is -0.471 e. The molecule has 0 bridgehead atoms. The van der Waals surface area contributed by atoms with E-state index in [1.165, 1.54) is 11.1 Å². The zero-order valence-corrected chi connectivity index (χ0v) is 14.2. The molecule has 0 spiro atoms. The van der Waals surface area contributed by atoms with Gasteiger partial charge in [-0.15, -0.1) is 5.10 Å². The smallest absolute Gasteiger partial charge is 0.233 e. The Labute approximate surface area is 142 Å². The Kier molecular flexibility index (Phi) is 5.08. The first-order valence-electron chi connectivity index (χ1n) is 8.40. The number of ether oxygens (including phenoxy) is 1. The standard InChI is InChI=1S/C19H23N3O2/c1-14-4-3-5-16(12-14)7-9-19(23)22-11-10-17(13-22)24-18-8-6-15(2)20-21-18/h3-6,8,12,17H,7,9-11,13H2,1-2H3. The van der Waals surface area contributed by atoms with E-state index in [0.717, 1.165) is 25.1 Å². The molecule has 1 saturated heterocycles. The van der Waals surface area contributed by atoms with Crippen molar-refractivity contribution < 1.29 is 9.53 Å². The summed E-state index contributed by atoms with van der Waals surface area (Å²) in [5, 5.41) is 8.01. The number of nitrogens with zero attached hydrogens (tertiary/aromatic N) is 3. The van der Waals surface area contributed by atoms with E-state index < -0.39 is 0 Å². The topological polar surface area (TPSA) is 55.3 Å². The van der Waals surface area contributed by atoms with Gasteiger partial charge in [0.05, 0.1) is 12.2 Å². The number of aromatic nitrogens is 2. The first-order valence-corrected chi connectivity index (χ1v) is 8.40. The van der Waals surface area contributed by atoms with Gasteiger partial charge in [0, 0.05) is 25.5 Å². The number of amides is 1. The zero-order chi connectivity index (χ0) is 16.9. The van der Waals surface area contributed by atoms with Crippen molar-refractivity contribution in [2.24, 2.45) is 0 Å². The summed E-state index contributed by atoms with van der Waals surface area (Å²) in [6, 6.07) is 12.0. The van der Waals surface area contributed by atoms with Crippen molar-refractivity contribution in [1.29, 1.82) is 0 Å². The fraction of sp³-hybridized carbons (Fsp3) is 0.421. The van der Waals surface area contributed by atoms with Crippen LogP contribution < -0.4 is 4.74 Å². The predicted octanol–water partition coefficient (Wildman–Crippen LogP) is 2.71. The van der Waals surface area contributed by atoms with E-state index in [2.05, 4.69) is 35.3 Å². The van der Waals surface area contributed by atoms with Crippen molar-refractivity contribution in [2.75, 3.05) is 13.1 Å². The molecule has 1 aliphatic heterocycles. The molecule has 5 heteroatoms. The van der Waals surface area contributed by atoms with Crippen LogP contribution in [0.15, 0.2) is 36.4 Å². The third-order valence-corrected chi connectivity index (χ3v) is 4.27. The molecule has 5 nitrogen and oxygen atoms in total. The first kappa shape index (κ1) is 16.4. The first-order chi connectivity index (χ1) is 11.6. The van der Waals surface area contributed by atoms with Gasteiger partial charge in [-0.1, -0.05) is 29.8 Å². The molecule has 0 radical (unpaired) electrons. The third kappa shape index (κ3) is 4.31. The zero-order valence-electron chi connectivity index (χ0n) is 14.2. The molecule has 0 aliphatic carbocycles. The van der Waals surface area contributed by atoms with E-state index in [1.54, 1.807) is 0 Å². The number of carbonyl (C=O) groups is 1. The molecule has 0 saturated carbocycles. The Hall–Kier alpha value is -2.43. The van der Waals surface area contributed by atoms with E-state index in [9.17, 15) is 4.79 Å². The molecule has 2 heterocycles. The number of likely N-dealkylation sites (tertiary alicyclic amines) is 1. The lowest BCUT2D eigenvalue weighted by atomic mass is 10.1. The van der Waals surface area contributed by atoms with E-state index >= 15 is 0 Å². The van der Waals surface area contributed by atoms with Crippen LogP contribution in [-0.4, -0.2) is 40.2 Å². The molecule has 2 aromatic rings. The van der Waals surface area contributed by atoms with Gasteiger partial charge in [0.15, 0.2) is 0 Å². The quantitative estimate of drug-likeness (QED) is 0.848. The Morgan fingerprint density at radius 2 is 2.12 bits per heavy atom. The number of hydrogen-bond donors (Lipinski definition) is 0. The minimum absolute atomic E-state index is 0.00456. The average Bonchev–Trinajstić information content (AvgIpc) is 3.03. The van der Waals surface area contributed by atoms with Crippen LogP contribution in [0.5, 0.6) is 5.88 Å². The summed E-state index contributed by atoms with van der Waals surface area (Å²) in [7, 11) is 0. The van der Waals surface area contributed by atoms with Crippen LogP contribution in [0.25, 0.3) is 0 Å². The molecule has 126 valence electrons. The average molecular weight is 325 g/mol. The maximum absolute atomic E-state index is 12.4. The van der Waals surface area contributed by atoms with Gasteiger partial charge in [-0.3, -0.25) is 4.79 Å². The summed E-state index contributed by atoms with van der Waals surface area (Å²) < 4.78 is 5.82. The Bertz CT molecular complexity index is 700. The van der Waals surface area contributed by atoms with E-state index in [4.69, 9.17) is 4.74 Å². The molecular weight excluding hydrogens is 302 g/mol. The number of hydrogen-bond acceptors (Lipinski definition) is 4. The minimum atomic E-state index is 0.00456. The number of rotatable bonds is 5. The lowest BCUT2D eigenvalue weighted by Crippen LogP contribution is -2.31. The maximum atomic E-state index is 12.4. The van der Waals surface area contributed by atoms with Crippen molar-refractivity contribution >= 4 is 5.91 Å². The lowest BCUT2D eigenvalue weighted by molar-refractivity contribution is -0.130.